The predicted molar refractivity (Wildman–Crippen MR) is 180 cm³/mol. The lowest BCUT2D eigenvalue weighted by molar-refractivity contribution is -0.210. The van der Waals surface area contributed by atoms with Crippen molar-refractivity contribution in [2.45, 2.75) is 33.1 Å². The van der Waals surface area contributed by atoms with E-state index in [1.165, 1.54) is 17.1 Å². The van der Waals surface area contributed by atoms with E-state index in [0.29, 0.717) is 39.4 Å². The summed E-state index contributed by atoms with van der Waals surface area (Å²) >= 11 is 0. The number of aromatic nitrogens is 6. The first-order valence-electron chi connectivity index (χ1n) is 15.4. The highest BCUT2D eigenvalue weighted by molar-refractivity contribution is 5.96. The molecule has 1 N–H and O–H groups in total. The van der Waals surface area contributed by atoms with Gasteiger partial charge >= 0.3 is 5.97 Å². The van der Waals surface area contributed by atoms with Gasteiger partial charge in [-0.3, -0.25) is 14.6 Å². The molecule has 1 aliphatic heterocycles. The lowest BCUT2D eigenvalue weighted by Crippen LogP contribution is -2.44. The van der Waals surface area contributed by atoms with Crippen molar-refractivity contribution in [2.24, 2.45) is 0 Å². The van der Waals surface area contributed by atoms with E-state index in [1.807, 2.05) is 39.0 Å². The second kappa shape index (κ2) is 11.7. The Morgan fingerprint density at radius 3 is 2.38 bits per heavy atom. The van der Waals surface area contributed by atoms with E-state index < -0.39 is 11.4 Å². The summed E-state index contributed by atoms with van der Waals surface area (Å²) in [5.41, 5.74) is 2.90. The summed E-state index contributed by atoms with van der Waals surface area (Å²) in [5, 5.41) is 4.30. The standard InChI is InChI=1S/C34H35N9O4/c1-21(44)46-47-24-13-14-25-26(20-24)42(27-8-6-7-15-35-27)43-31(25)38-30-28(32(43)45)29(34(2,3)4)37-33(39-30)36-22-9-11-23(12-10-22)41-18-16-40(5)17-19-41/h6-15,20H,16-19H2,1-5H3,(H,36,37,39). The maximum Gasteiger partial charge on any atom is 0.352 e. The quantitative estimate of drug-likeness (QED) is 0.203. The molecule has 7 rings (SSSR count). The molecule has 0 spiro atoms. The molecule has 1 fully saturated rings. The summed E-state index contributed by atoms with van der Waals surface area (Å²) in [6.07, 6.45) is 1.64. The van der Waals surface area contributed by atoms with Crippen molar-refractivity contribution in [1.29, 1.82) is 0 Å². The first-order valence-corrected chi connectivity index (χ1v) is 15.4. The molecule has 47 heavy (non-hydrogen) atoms. The van der Waals surface area contributed by atoms with Crippen molar-refractivity contribution < 1.29 is 14.6 Å². The number of nitrogens with zero attached hydrogens (tertiary/aromatic N) is 8. The van der Waals surface area contributed by atoms with Crippen LogP contribution in [0.1, 0.15) is 33.4 Å². The van der Waals surface area contributed by atoms with Crippen molar-refractivity contribution >= 4 is 50.9 Å². The lowest BCUT2D eigenvalue weighted by atomic mass is 9.90. The topological polar surface area (TPSA) is 132 Å². The number of rotatable bonds is 6. The average Bonchev–Trinajstić information content (AvgIpc) is 3.38. The highest BCUT2D eigenvalue weighted by atomic mass is 17.2. The molecule has 0 bridgehead atoms. The minimum absolute atomic E-state index is 0.269. The SMILES string of the molecule is CC(=O)OOc1ccc2c(c1)n(-c1ccccn1)n1c(=O)c3c(C(C)(C)C)nc(Nc4ccc(N5CCN(C)CC5)cc4)nc3nc21. The second-order valence-electron chi connectivity index (χ2n) is 12.7. The molecule has 1 saturated heterocycles. The number of carbonyl (C=O) groups is 1. The van der Waals surface area contributed by atoms with Gasteiger partial charge in [0.15, 0.2) is 22.9 Å². The summed E-state index contributed by atoms with van der Waals surface area (Å²) in [7, 11) is 2.14. The van der Waals surface area contributed by atoms with Crippen LogP contribution in [-0.2, 0) is 15.1 Å². The molecule has 0 amide bonds. The van der Waals surface area contributed by atoms with Crippen LogP contribution >= 0.6 is 0 Å². The Balaban J connectivity index is 1.38. The molecular formula is C34H35N9O4. The molecule has 0 saturated carbocycles. The second-order valence-corrected chi connectivity index (χ2v) is 12.7. The largest absolute Gasteiger partial charge is 0.369 e. The number of fused-ring (bicyclic) bond motifs is 4. The van der Waals surface area contributed by atoms with E-state index in [0.717, 1.165) is 31.9 Å². The number of piperazine rings is 1. The molecule has 1 aliphatic rings. The van der Waals surface area contributed by atoms with Gasteiger partial charge < -0.3 is 15.1 Å². The molecular weight excluding hydrogens is 598 g/mol. The Morgan fingerprint density at radius 2 is 1.70 bits per heavy atom. The highest BCUT2D eigenvalue weighted by Crippen LogP contribution is 2.31. The van der Waals surface area contributed by atoms with Crippen molar-refractivity contribution in [2.75, 3.05) is 43.4 Å². The molecule has 13 nitrogen and oxygen atoms in total. The van der Waals surface area contributed by atoms with Crippen molar-refractivity contribution in [3.8, 4) is 11.6 Å². The Labute approximate surface area is 270 Å². The highest BCUT2D eigenvalue weighted by Gasteiger charge is 2.27. The van der Waals surface area contributed by atoms with Gasteiger partial charge in [0.2, 0.25) is 5.95 Å². The number of nitrogens with one attached hydrogen (secondary N) is 1. The van der Waals surface area contributed by atoms with Gasteiger partial charge in [-0.05, 0) is 55.6 Å². The molecule has 5 heterocycles. The number of pyridine rings is 1. The summed E-state index contributed by atoms with van der Waals surface area (Å²) in [5.74, 6) is 0.502. The van der Waals surface area contributed by atoms with Gasteiger partial charge in [-0.1, -0.05) is 26.8 Å². The van der Waals surface area contributed by atoms with E-state index in [-0.39, 0.29) is 17.0 Å². The maximum atomic E-state index is 14.6. The summed E-state index contributed by atoms with van der Waals surface area (Å²) in [6, 6.07) is 18.7. The van der Waals surface area contributed by atoms with E-state index in [4.69, 9.17) is 24.7 Å². The van der Waals surface area contributed by atoms with Crippen molar-refractivity contribution in [1.82, 2.24) is 34.0 Å². The van der Waals surface area contributed by atoms with Gasteiger partial charge in [0, 0.05) is 67.5 Å². The van der Waals surface area contributed by atoms with Crippen LogP contribution in [0, 0.1) is 0 Å². The van der Waals surface area contributed by atoms with Crippen LogP contribution in [0.4, 0.5) is 17.3 Å². The molecule has 13 heteroatoms. The molecule has 0 aliphatic carbocycles. The van der Waals surface area contributed by atoms with Crippen LogP contribution in [0.2, 0.25) is 0 Å². The van der Waals surface area contributed by atoms with Gasteiger partial charge in [0.05, 0.1) is 11.2 Å². The van der Waals surface area contributed by atoms with Crippen LogP contribution in [0.5, 0.6) is 5.75 Å². The number of hydrogen-bond donors (Lipinski definition) is 1. The summed E-state index contributed by atoms with van der Waals surface area (Å²) in [4.78, 5) is 59.8. The first kappa shape index (κ1) is 30.1. The minimum Gasteiger partial charge on any atom is -0.369 e. The maximum absolute atomic E-state index is 14.6. The Kier molecular flexibility index (Phi) is 7.47. The normalized spacial score (nSPS) is 14.2. The number of carbonyl (C=O) groups excluding carboxylic acids is 1. The predicted octanol–water partition coefficient (Wildman–Crippen LogP) is 4.63. The number of benzene rings is 2. The van der Waals surface area contributed by atoms with Gasteiger partial charge in [-0.2, -0.15) is 9.50 Å². The molecule has 0 atom stereocenters. The Hall–Kier alpha value is -5.56. The first-order chi connectivity index (χ1) is 22.6. The van der Waals surface area contributed by atoms with Gasteiger partial charge in [0.25, 0.3) is 5.56 Å². The third kappa shape index (κ3) is 5.69. The van der Waals surface area contributed by atoms with Crippen molar-refractivity contribution in [3.63, 3.8) is 0 Å². The van der Waals surface area contributed by atoms with Crippen molar-refractivity contribution in [3.05, 3.63) is 82.9 Å². The number of likely N-dealkylation sites (N-methyl/N-ethyl adjacent to an activating group) is 1. The van der Waals surface area contributed by atoms with Gasteiger partial charge in [-0.25, -0.2) is 24.4 Å². The molecule has 2 aromatic carbocycles. The van der Waals surface area contributed by atoms with E-state index >= 15 is 0 Å². The molecule has 6 aromatic rings. The third-order valence-corrected chi connectivity index (χ3v) is 8.17. The molecule has 0 unspecified atom stereocenters. The Bertz CT molecular complexity index is 2180. The Morgan fingerprint density at radius 1 is 0.936 bits per heavy atom. The van der Waals surface area contributed by atoms with Gasteiger partial charge in [-0.15, -0.1) is 0 Å². The fourth-order valence-corrected chi connectivity index (χ4v) is 5.83. The zero-order valence-electron chi connectivity index (χ0n) is 26.9. The lowest BCUT2D eigenvalue weighted by Gasteiger charge is -2.34. The summed E-state index contributed by atoms with van der Waals surface area (Å²) in [6.45, 7) is 11.3. The zero-order valence-corrected chi connectivity index (χ0v) is 26.9. The van der Waals surface area contributed by atoms with Gasteiger partial charge in [0.1, 0.15) is 5.39 Å². The fourth-order valence-electron chi connectivity index (χ4n) is 5.83. The fraction of sp³-hybridized carbons (Fsp3) is 0.294. The monoisotopic (exact) mass is 633 g/mol. The smallest absolute Gasteiger partial charge is 0.352 e. The van der Waals surface area contributed by atoms with Crippen LogP contribution in [0.15, 0.2) is 71.7 Å². The van der Waals surface area contributed by atoms with E-state index in [2.05, 4.69) is 39.3 Å². The van der Waals surface area contributed by atoms with Crippen LogP contribution in [0.25, 0.3) is 33.4 Å². The molecule has 4 aromatic heterocycles. The van der Waals surface area contributed by atoms with E-state index in [1.54, 1.807) is 41.2 Å². The van der Waals surface area contributed by atoms with Crippen LogP contribution in [0.3, 0.4) is 0 Å². The average molecular weight is 634 g/mol. The number of hydrogen-bond acceptors (Lipinski definition) is 11. The third-order valence-electron chi connectivity index (χ3n) is 8.17. The van der Waals surface area contributed by atoms with E-state index in [9.17, 15) is 9.59 Å². The van der Waals surface area contributed by atoms with Crippen LogP contribution in [-0.4, -0.2) is 73.2 Å². The zero-order chi connectivity index (χ0) is 32.9. The van der Waals surface area contributed by atoms with Crippen LogP contribution < -0.4 is 20.7 Å². The minimum atomic E-state index is -0.594. The number of anilines is 3. The summed E-state index contributed by atoms with van der Waals surface area (Å²) < 4.78 is 3.15. The molecule has 240 valence electrons. The molecule has 0 radical (unpaired) electrons.